The molecule has 7 nitrogen and oxygen atoms in total. The molecule has 1 heterocycles. The van der Waals surface area contributed by atoms with Crippen molar-refractivity contribution in [1.29, 1.82) is 0 Å². The zero-order valence-corrected chi connectivity index (χ0v) is 23.1. The van der Waals surface area contributed by atoms with Crippen LogP contribution in [0.25, 0.3) is 0 Å². The smallest absolute Gasteiger partial charge is 0.239 e. The highest BCUT2D eigenvalue weighted by molar-refractivity contribution is 6.11. The van der Waals surface area contributed by atoms with Crippen LogP contribution < -0.4 is 20.1 Å². The molecule has 0 aliphatic carbocycles. The molecule has 7 heteroatoms. The summed E-state index contributed by atoms with van der Waals surface area (Å²) < 4.78 is 11.4. The monoisotopic (exact) mass is 529 g/mol. The van der Waals surface area contributed by atoms with Crippen LogP contribution in [-0.4, -0.2) is 55.9 Å². The van der Waals surface area contributed by atoms with Crippen LogP contribution in [0.5, 0.6) is 11.5 Å². The third kappa shape index (κ3) is 7.83. The summed E-state index contributed by atoms with van der Waals surface area (Å²) in [5.41, 5.74) is 2.54. The van der Waals surface area contributed by atoms with E-state index >= 15 is 0 Å². The van der Waals surface area contributed by atoms with Gasteiger partial charge in [-0.05, 0) is 87.7 Å². The van der Waals surface area contributed by atoms with Crippen LogP contribution in [0.2, 0.25) is 0 Å². The number of piperidine rings is 1. The van der Waals surface area contributed by atoms with Gasteiger partial charge < -0.3 is 25.0 Å². The molecule has 0 saturated carbocycles. The fourth-order valence-electron chi connectivity index (χ4n) is 4.81. The molecule has 0 bridgehead atoms. The topological polar surface area (TPSA) is 79.9 Å². The average Bonchev–Trinajstić information content (AvgIpc) is 2.98. The largest absolute Gasteiger partial charge is 0.497 e. The zero-order valence-electron chi connectivity index (χ0n) is 23.1. The van der Waals surface area contributed by atoms with Crippen molar-refractivity contribution in [2.24, 2.45) is 5.92 Å². The van der Waals surface area contributed by atoms with Crippen molar-refractivity contribution < 1.29 is 19.1 Å². The van der Waals surface area contributed by atoms with E-state index in [1.54, 1.807) is 43.5 Å². The molecule has 0 spiro atoms. The Balaban J connectivity index is 1.43. The summed E-state index contributed by atoms with van der Waals surface area (Å²) in [6.07, 6.45) is 2.19. The number of hydrogen-bond acceptors (Lipinski definition) is 6. The van der Waals surface area contributed by atoms with Crippen molar-refractivity contribution in [3.63, 3.8) is 0 Å². The second kappa shape index (κ2) is 13.8. The second-order valence-corrected chi connectivity index (χ2v) is 10.2. The first-order valence-electron chi connectivity index (χ1n) is 13.7. The minimum Gasteiger partial charge on any atom is -0.497 e. The molecule has 2 N–H and O–H groups in total. The summed E-state index contributed by atoms with van der Waals surface area (Å²) in [6, 6.07) is 22.7. The van der Waals surface area contributed by atoms with Crippen LogP contribution >= 0.6 is 0 Å². The fourth-order valence-corrected chi connectivity index (χ4v) is 4.81. The number of carbonyl (C=O) groups excluding carboxylic acids is 2. The van der Waals surface area contributed by atoms with Crippen LogP contribution in [0.15, 0.2) is 72.8 Å². The lowest BCUT2D eigenvalue weighted by molar-refractivity contribution is -0.119. The summed E-state index contributed by atoms with van der Waals surface area (Å²) in [5, 5.41) is 6.28. The Morgan fingerprint density at radius 1 is 0.949 bits per heavy atom. The van der Waals surface area contributed by atoms with Gasteiger partial charge in [-0.1, -0.05) is 36.4 Å². The Labute approximate surface area is 231 Å². The van der Waals surface area contributed by atoms with Gasteiger partial charge >= 0.3 is 0 Å². The van der Waals surface area contributed by atoms with E-state index in [-0.39, 0.29) is 18.2 Å². The van der Waals surface area contributed by atoms with Crippen molar-refractivity contribution in [2.45, 2.75) is 39.3 Å². The normalized spacial score (nSPS) is 14.2. The molecule has 3 aromatic rings. The first kappa shape index (κ1) is 28.2. The number of anilines is 1. The highest BCUT2D eigenvalue weighted by Gasteiger charge is 2.22. The standard InChI is InChI=1S/C32H39N3O4/c1-23(2)35-18-16-24(17-19-35)20-34-30(36)21-33-29-11-7-10-28(31(37)26-12-14-27(38-3)15-13-26)32(29)39-22-25-8-5-4-6-9-25/h4-15,23-24,33H,16-22H2,1-3H3,(H,34,36). The Hall–Kier alpha value is -3.84. The molecule has 0 aromatic heterocycles. The van der Waals surface area contributed by atoms with Crippen molar-refractivity contribution >= 4 is 17.4 Å². The van der Waals surface area contributed by atoms with E-state index in [0.29, 0.717) is 53.4 Å². The maximum atomic E-state index is 13.5. The highest BCUT2D eigenvalue weighted by atomic mass is 16.5. The number of ketones is 1. The first-order chi connectivity index (χ1) is 18.9. The van der Waals surface area contributed by atoms with Crippen LogP contribution in [0.1, 0.15) is 48.2 Å². The average molecular weight is 530 g/mol. The second-order valence-electron chi connectivity index (χ2n) is 10.2. The lowest BCUT2D eigenvalue weighted by atomic mass is 9.96. The third-order valence-electron chi connectivity index (χ3n) is 7.24. The zero-order chi connectivity index (χ0) is 27.6. The van der Waals surface area contributed by atoms with Crippen molar-refractivity contribution in [2.75, 3.05) is 38.6 Å². The summed E-state index contributed by atoms with van der Waals surface area (Å²) in [7, 11) is 1.59. The molecular weight excluding hydrogens is 490 g/mol. The Morgan fingerprint density at radius 3 is 2.33 bits per heavy atom. The molecular formula is C32H39N3O4. The molecule has 4 rings (SSSR count). The number of nitrogens with one attached hydrogen (secondary N) is 2. The van der Waals surface area contributed by atoms with E-state index in [1.807, 2.05) is 36.4 Å². The van der Waals surface area contributed by atoms with Gasteiger partial charge in [0.25, 0.3) is 0 Å². The number of hydrogen-bond donors (Lipinski definition) is 2. The van der Waals surface area contributed by atoms with E-state index in [1.165, 1.54) is 0 Å². The van der Waals surface area contributed by atoms with Crippen LogP contribution in [-0.2, 0) is 11.4 Å². The van der Waals surface area contributed by atoms with Crippen molar-refractivity contribution in [3.05, 3.63) is 89.5 Å². The fraction of sp³-hybridized carbons (Fsp3) is 0.375. The minimum absolute atomic E-state index is 0.0813. The van der Waals surface area contributed by atoms with Gasteiger partial charge in [-0.3, -0.25) is 9.59 Å². The van der Waals surface area contributed by atoms with Gasteiger partial charge in [0.2, 0.25) is 5.91 Å². The van der Waals surface area contributed by atoms with Crippen LogP contribution in [0.3, 0.4) is 0 Å². The van der Waals surface area contributed by atoms with E-state index in [0.717, 1.165) is 31.5 Å². The number of amides is 1. The molecule has 1 fully saturated rings. The number of benzene rings is 3. The maximum Gasteiger partial charge on any atom is 0.239 e. The van der Waals surface area contributed by atoms with Gasteiger partial charge in [0.05, 0.1) is 24.9 Å². The summed E-state index contributed by atoms with van der Waals surface area (Å²) in [5.74, 6) is 1.36. The molecule has 39 heavy (non-hydrogen) atoms. The molecule has 0 atom stereocenters. The quantitative estimate of drug-likeness (QED) is 0.316. The van der Waals surface area contributed by atoms with E-state index < -0.39 is 0 Å². The Bertz CT molecular complexity index is 1220. The number of nitrogens with zero attached hydrogens (tertiary/aromatic N) is 1. The van der Waals surface area contributed by atoms with Gasteiger partial charge in [0.15, 0.2) is 11.5 Å². The summed E-state index contributed by atoms with van der Waals surface area (Å²) >= 11 is 0. The van der Waals surface area contributed by atoms with Gasteiger partial charge in [-0.2, -0.15) is 0 Å². The highest BCUT2D eigenvalue weighted by Crippen LogP contribution is 2.32. The molecule has 1 amide bonds. The predicted molar refractivity (Wildman–Crippen MR) is 155 cm³/mol. The lowest BCUT2D eigenvalue weighted by Crippen LogP contribution is -2.42. The Kier molecular flexibility index (Phi) is 9.97. The predicted octanol–water partition coefficient (Wildman–Crippen LogP) is 5.15. The van der Waals surface area contributed by atoms with Crippen molar-refractivity contribution in [3.8, 4) is 11.5 Å². The molecule has 206 valence electrons. The molecule has 1 aliphatic rings. The molecule has 3 aromatic carbocycles. The van der Waals surface area contributed by atoms with E-state index in [9.17, 15) is 9.59 Å². The molecule has 0 radical (unpaired) electrons. The maximum absolute atomic E-state index is 13.5. The van der Waals surface area contributed by atoms with Gasteiger partial charge in [-0.15, -0.1) is 0 Å². The number of ether oxygens (including phenoxy) is 2. The van der Waals surface area contributed by atoms with E-state index in [4.69, 9.17) is 9.47 Å². The van der Waals surface area contributed by atoms with E-state index in [2.05, 4.69) is 29.4 Å². The number of methoxy groups -OCH3 is 1. The Morgan fingerprint density at radius 2 is 1.67 bits per heavy atom. The molecule has 1 saturated heterocycles. The van der Waals surface area contributed by atoms with Gasteiger partial charge in [0.1, 0.15) is 12.4 Å². The SMILES string of the molecule is COc1ccc(C(=O)c2cccc(NCC(=O)NCC3CCN(C(C)C)CC3)c2OCc2ccccc2)cc1. The van der Waals surface area contributed by atoms with Crippen LogP contribution in [0.4, 0.5) is 5.69 Å². The number of carbonyl (C=O) groups is 2. The van der Waals surface area contributed by atoms with Crippen molar-refractivity contribution in [1.82, 2.24) is 10.2 Å². The summed E-state index contributed by atoms with van der Waals surface area (Å²) in [4.78, 5) is 28.7. The number of likely N-dealkylation sites (tertiary alicyclic amines) is 1. The molecule has 0 unspecified atom stereocenters. The third-order valence-corrected chi connectivity index (χ3v) is 7.24. The lowest BCUT2D eigenvalue weighted by Gasteiger charge is -2.34. The first-order valence-corrected chi connectivity index (χ1v) is 13.7. The van der Waals surface area contributed by atoms with Gasteiger partial charge in [0, 0.05) is 18.2 Å². The number of para-hydroxylation sites is 1. The van der Waals surface area contributed by atoms with Gasteiger partial charge in [-0.25, -0.2) is 0 Å². The summed E-state index contributed by atoms with van der Waals surface area (Å²) in [6.45, 7) is 7.67. The number of rotatable bonds is 12. The minimum atomic E-state index is -0.165. The van der Waals surface area contributed by atoms with Crippen LogP contribution in [0, 0.1) is 5.92 Å². The molecule has 1 aliphatic heterocycles.